The zero-order valence-electron chi connectivity index (χ0n) is 10.5. The van der Waals surface area contributed by atoms with E-state index in [2.05, 4.69) is 20.8 Å². The minimum Gasteiger partial charge on any atom is -0.394 e. The largest absolute Gasteiger partial charge is 0.394 e. The van der Waals surface area contributed by atoms with E-state index in [9.17, 15) is 15.0 Å². The molecule has 0 radical (unpaired) electrons. The predicted octanol–water partition coefficient (Wildman–Crippen LogP) is -0.619. The molecule has 0 spiro atoms. The molecule has 7 nitrogen and oxygen atoms in total. The average Bonchev–Trinajstić information content (AvgIpc) is 2.45. The van der Waals surface area contributed by atoms with E-state index in [1.165, 1.54) is 13.1 Å². The van der Waals surface area contributed by atoms with Crippen molar-refractivity contribution < 1.29 is 15.0 Å². The second kappa shape index (κ2) is 6.27. The summed E-state index contributed by atoms with van der Waals surface area (Å²) in [7, 11) is 1.51. The molecule has 4 N–H and O–H groups in total. The predicted molar refractivity (Wildman–Crippen MR) is 66.2 cm³/mol. The smallest absolute Gasteiger partial charge is 0.271 e. The summed E-state index contributed by atoms with van der Waals surface area (Å²) in [5.41, 5.74) is -0.624. The molecule has 0 aliphatic carbocycles. The lowest BCUT2D eigenvalue weighted by molar-refractivity contribution is 0.0957. The quantitative estimate of drug-likeness (QED) is 0.539. The number of aliphatic hydroxyl groups excluding tert-OH is 2. The van der Waals surface area contributed by atoms with Gasteiger partial charge in [-0.15, -0.1) is 10.2 Å². The topological polar surface area (TPSA) is 107 Å². The number of carbonyl (C=O) groups is 1. The fourth-order valence-corrected chi connectivity index (χ4v) is 1.36. The van der Waals surface area contributed by atoms with Gasteiger partial charge in [0.15, 0.2) is 5.69 Å². The van der Waals surface area contributed by atoms with Crippen LogP contribution in [0.5, 0.6) is 0 Å². The minimum atomic E-state index is -0.830. The molecule has 18 heavy (non-hydrogen) atoms. The highest BCUT2D eigenvalue weighted by Gasteiger charge is 2.26. The molecule has 0 aliphatic rings. The van der Waals surface area contributed by atoms with Crippen LogP contribution in [-0.4, -0.2) is 52.1 Å². The standard InChI is InChI=1S/C11H18N4O3/c1-3-11(6-16,7-17)13-9-5-4-8(14-15-9)10(18)12-2/h4-5,16-17H,3,6-7H2,1-2H3,(H,12,18)(H,13,15). The highest BCUT2D eigenvalue weighted by molar-refractivity contribution is 5.91. The number of nitrogens with zero attached hydrogens (tertiary/aromatic N) is 2. The molecule has 0 unspecified atom stereocenters. The Morgan fingerprint density at radius 3 is 2.39 bits per heavy atom. The van der Waals surface area contributed by atoms with Crippen molar-refractivity contribution in [3.63, 3.8) is 0 Å². The summed E-state index contributed by atoms with van der Waals surface area (Å²) in [5.74, 6) is 0.0766. The molecule has 0 saturated heterocycles. The maximum Gasteiger partial charge on any atom is 0.271 e. The van der Waals surface area contributed by atoms with Crippen LogP contribution in [0.3, 0.4) is 0 Å². The van der Waals surface area contributed by atoms with Gasteiger partial charge in [0, 0.05) is 7.05 Å². The lowest BCUT2D eigenvalue weighted by Gasteiger charge is -2.29. The van der Waals surface area contributed by atoms with E-state index in [0.29, 0.717) is 12.2 Å². The molecule has 0 fully saturated rings. The Balaban J connectivity index is 2.83. The fourth-order valence-electron chi connectivity index (χ4n) is 1.36. The van der Waals surface area contributed by atoms with Crippen molar-refractivity contribution >= 4 is 11.7 Å². The molecule has 0 saturated carbocycles. The first-order valence-electron chi connectivity index (χ1n) is 5.66. The molecule has 1 aromatic rings. The van der Waals surface area contributed by atoms with Crippen molar-refractivity contribution in [2.45, 2.75) is 18.9 Å². The molecule has 1 amide bonds. The SMILES string of the molecule is CCC(CO)(CO)Nc1ccc(C(=O)NC)nn1. The number of hydrogen-bond acceptors (Lipinski definition) is 6. The summed E-state index contributed by atoms with van der Waals surface area (Å²) in [6, 6.07) is 3.09. The van der Waals surface area contributed by atoms with E-state index in [1.807, 2.05) is 6.92 Å². The van der Waals surface area contributed by atoms with Crippen LogP contribution in [-0.2, 0) is 0 Å². The van der Waals surface area contributed by atoms with E-state index < -0.39 is 5.54 Å². The van der Waals surface area contributed by atoms with Crippen molar-refractivity contribution in [3.05, 3.63) is 17.8 Å². The monoisotopic (exact) mass is 254 g/mol. The van der Waals surface area contributed by atoms with Crippen LogP contribution in [0.2, 0.25) is 0 Å². The van der Waals surface area contributed by atoms with Gasteiger partial charge in [0.2, 0.25) is 0 Å². The summed E-state index contributed by atoms with van der Waals surface area (Å²) >= 11 is 0. The number of hydrogen-bond donors (Lipinski definition) is 4. The summed E-state index contributed by atoms with van der Waals surface area (Å²) in [6.45, 7) is 1.39. The highest BCUT2D eigenvalue weighted by Crippen LogP contribution is 2.15. The number of anilines is 1. The van der Waals surface area contributed by atoms with Gasteiger partial charge >= 0.3 is 0 Å². The Labute approximate surface area is 105 Å². The maximum absolute atomic E-state index is 11.3. The summed E-state index contributed by atoms with van der Waals surface area (Å²) in [6.07, 6.45) is 0.527. The zero-order valence-corrected chi connectivity index (χ0v) is 10.5. The number of rotatable bonds is 6. The molecule has 1 aromatic heterocycles. The third-order valence-electron chi connectivity index (χ3n) is 2.80. The first-order chi connectivity index (χ1) is 8.60. The second-order valence-corrected chi connectivity index (χ2v) is 3.96. The van der Waals surface area contributed by atoms with Gasteiger partial charge in [-0.05, 0) is 18.6 Å². The van der Waals surface area contributed by atoms with Gasteiger partial charge in [0.25, 0.3) is 5.91 Å². The van der Waals surface area contributed by atoms with Crippen LogP contribution in [0.25, 0.3) is 0 Å². The minimum absolute atomic E-state index is 0.207. The van der Waals surface area contributed by atoms with Gasteiger partial charge in [-0.2, -0.15) is 0 Å². The van der Waals surface area contributed by atoms with Crippen LogP contribution in [0.1, 0.15) is 23.8 Å². The van der Waals surface area contributed by atoms with Crippen molar-refractivity contribution in [3.8, 4) is 0 Å². The first-order valence-corrected chi connectivity index (χ1v) is 5.66. The van der Waals surface area contributed by atoms with Gasteiger partial charge in [0.1, 0.15) is 5.82 Å². The Kier molecular flexibility index (Phi) is 4.99. The molecule has 0 aliphatic heterocycles. The van der Waals surface area contributed by atoms with E-state index in [4.69, 9.17) is 0 Å². The lowest BCUT2D eigenvalue weighted by atomic mass is 9.98. The van der Waals surface area contributed by atoms with Gasteiger partial charge in [-0.1, -0.05) is 6.92 Å². The normalized spacial score (nSPS) is 11.1. The number of amides is 1. The van der Waals surface area contributed by atoms with Gasteiger partial charge in [-0.3, -0.25) is 4.79 Å². The summed E-state index contributed by atoms with van der Waals surface area (Å²) in [5, 5.41) is 31.5. The van der Waals surface area contributed by atoms with E-state index >= 15 is 0 Å². The number of aromatic nitrogens is 2. The summed E-state index contributed by atoms with van der Waals surface area (Å²) < 4.78 is 0. The van der Waals surface area contributed by atoms with Gasteiger partial charge < -0.3 is 20.8 Å². The van der Waals surface area contributed by atoms with Crippen molar-refractivity contribution in [1.29, 1.82) is 0 Å². The molecule has 0 bridgehead atoms. The molecule has 0 atom stereocenters. The van der Waals surface area contributed by atoms with Crippen molar-refractivity contribution in [1.82, 2.24) is 15.5 Å². The Morgan fingerprint density at radius 1 is 1.33 bits per heavy atom. The van der Waals surface area contributed by atoms with Crippen molar-refractivity contribution in [2.24, 2.45) is 0 Å². The fraction of sp³-hybridized carbons (Fsp3) is 0.545. The molecule has 1 heterocycles. The maximum atomic E-state index is 11.3. The Bertz CT molecular complexity index is 382. The third-order valence-corrected chi connectivity index (χ3v) is 2.80. The molecule has 0 aromatic carbocycles. The molecular formula is C11H18N4O3. The molecule has 7 heteroatoms. The van der Waals surface area contributed by atoms with Crippen LogP contribution < -0.4 is 10.6 Å². The van der Waals surface area contributed by atoms with E-state index in [1.54, 1.807) is 6.07 Å². The second-order valence-electron chi connectivity index (χ2n) is 3.96. The number of carbonyl (C=O) groups excluding carboxylic acids is 1. The first kappa shape index (κ1) is 14.3. The third kappa shape index (κ3) is 3.14. The number of nitrogens with one attached hydrogen (secondary N) is 2. The van der Waals surface area contributed by atoms with E-state index in [-0.39, 0.29) is 24.8 Å². The lowest BCUT2D eigenvalue weighted by Crippen LogP contribution is -2.45. The van der Waals surface area contributed by atoms with Crippen LogP contribution in [0.15, 0.2) is 12.1 Å². The number of aliphatic hydroxyl groups is 2. The molecular weight excluding hydrogens is 236 g/mol. The zero-order chi connectivity index (χ0) is 13.6. The van der Waals surface area contributed by atoms with E-state index in [0.717, 1.165) is 0 Å². The Morgan fingerprint density at radius 2 is 2.00 bits per heavy atom. The van der Waals surface area contributed by atoms with Crippen molar-refractivity contribution in [2.75, 3.05) is 25.6 Å². The Hall–Kier alpha value is -1.73. The van der Waals surface area contributed by atoms with Crippen LogP contribution in [0.4, 0.5) is 5.82 Å². The average molecular weight is 254 g/mol. The van der Waals surface area contributed by atoms with Gasteiger partial charge in [0.05, 0.1) is 18.8 Å². The molecule has 1 rings (SSSR count). The summed E-state index contributed by atoms with van der Waals surface area (Å²) in [4.78, 5) is 11.3. The molecule has 100 valence electrons. The van der Waals surface area contributed by atoms with Gasteiger partial charge in [-0.25, -0.2) is 0 Å². The van der Waals surface area contributed by atoms with Crippen LogP contribution in [0, 0.1) is 0 Å². The highest BCUT2D eigenvalue weighted by atomic mass is 16.3. The van der Waals surface area contributed by atoms with Crippen LogP contribution >= 0.6 is 0 Å².